The zero-order valence-electron chi connectivity index (χ0n) is 11.0. The number of nitrogens with one attached hydrogen (secondary N) is 1. The molecule has 1 heterocycles. The molecule has 2 aromatic rings. The lowest BCUT2D eigenvalue weighted by Crippen LogP contribution is -2.16. The molecule has 1 unspecified atom stereocenters. The quantitative estimate of drug-likeness (QED) is 0.851. The van der Waals surface area contributed by atoms with Gasteiger partial charge in [-0.2, -0.15) is 0 Å². The second kappa shape index (κ2) is 6.05. The van der Waals surface area contributed by atoms with Crippen LogP contribution in [-0.4, -0.2) is 10.9 Å². The van der Waals surface area contributed by atoms with Crippen LogP contribution >= 0.6 is 11.6 Å². The third-order valence-corrected chi connectivity index (χ3v) is 3.10. The van der Waals surface area contributed by atoms with Crippen molar-refractivity contribution in [3.05, 3.63) is 58.4 Å². The summed E-state index contributed by atoms with van der Waals surface area (Å²) in [5, 5.41) is 3.11. The number of nitrogens with two attached hydrogens (primary N) is 1. The minimum absolute atomic E-state index is 0.142. The first-order valence-electron chi connectivity index (χ1n) is 6.04. The maximum Gasteiger partial charge on any atom is 0.252 e. The number of rotatable bonds is 4. The molecule has 3 N–H and O–H groups in total. The minimum Gasteiger partial charge on any atom is -0.378 e. The summed E-state index contributed by atoms with van der Waals surface area (Å²) in [5.74, 6) is -2.04. The largest absolute Gasteiger partial charge is 0.378 e. The van der Waals surface area contributed by atoms with Gasteiger partial charge in [0.05, 0.1) is 11.3 Å². The molecule has 0 saturated heterocycles. The van der Waals surface area contributed by atoms with Crippen LogP contribution in [0.4, 0.5) is 14.5 Å². The Balaban J connectivity index is 2.32. The zero-order valence-corrected chi connectivity index (χ0v) is 11.8. The van der Waals surface area contributed by atoms with Gasteiger partial charge in [0.15, 0.2) is 0 Å². The number of aromatic nitrogens is 1. The van der Waals surface area contributed by atoms with Gasteiger partial charge in [-0.05, 0) is 30.7 Å². The molecule has 0 aliphatic carbocycles. The standard InChI is InChI=1S/C14H12ClF2N3O/c1-7(8-2-9(16)4-10(17)3-8)20-12-5-13(15)19-6-11(12)14(18)21/h2-7H,1H3,(H2,18,21)(H,19,20). The van der Waals surface area contributed by atoms with Crippen molar-refractivity contribution in [2.24, 2.45) is 5.73 Å². The number of benzene rings is 1. The Bertz CT molecular complexity index is 674. The minimum atomic E-state index is -0.681. The van der Waals surface area contributed by atoms with Crippen LogP contribution in [0.3, 0.4) is 0 Å². The second-order valence-electron chi connectivity index (χ2n) is 4.49. The normalized spacial score (nSPS) is 12.0. The number of hydrogen-bond donors (Lipinski definition) is 2. The molecule has 0 spiro atoms. The number of primary amides is 1. The summed E-state index contributed by atoms with van der Waals surface area (Å²) in [6.45, 7) is 1.69. The number of halogens is 3. The Kier molecular flexibility index (Phi) is 4.37. The molecule has 0 aliphatic rings. The fourth-order valence-corrected chi connectivity index (χ4v) is 2.05. The Morgan fingerprint density at radius 1 is 1.29 bits per heavy atom. The van der Waals surface area contributed by atoms with E-state index in [4.69, 9.17) is 17.3 Å². The predicted molar refractivity (Wildman–Crippen MR) is 76.2 cm³/mol. The van der Waals surface area contributed by atoms with Crippen molar-refractivity contribution in [1.29, 1.82) is 0 Å². The number of amides is 1. The highest BCUT2D eigenvalue weighted by Crippen LogP contribution is 2.25. The lowest BCUT2D eigenvalue weighted by molar-refractivity contribution is 0.100. The van der Waals surface area contributed by atoms with Crippen LogP contribution in [0.15, 0.2) is 30.5 Å². The van der Waals surface area contributed by atoms with Gasteiger partial charge in [-0.25, -0.2) is 13.8 Å². The van der Waals surface area contributed by atoms with Crippen molar-refractivity contribution < 1.29 is 13.6 Å². The first kappa shape index (κ1) is 15.2. The lowest BCUT2D eigenvalue weighted by atomic mass is 10.1. The molecule has 0 bridgehead atoms. The number of nitrogens with zero attached hydrogens (tertiary/aromatic N) is 1. The zero-order chi connectivity index (χ0) is 15.6. The van der Waals surface area contributed by atoms with Crippen molar-refractivity contribution >= 4 is 23.2 Å². The summed E-state index contributed by atoms with van der Waals surface area (Å²) >= 11 is 5.78. The Labute approximate surface area is 124 Å². The Morgan fingerprint density at radius 3 is 2.48 bits per heavy atom. The molecule has 0 radical (unpaired) electrons. The van der Waals surface area contributed by atoms with Crippen LogP contribution in [0.2, 0.25) is 5.15 Å². The molecule has 0 aliphatic heterocycles. The summed E-state index contributed by atoms with van der Waals surface area (Å²) in [6, 6.07) is 4.15. The number of carbonyl (C=O) groups is 1. The van der Waals surface area contributed by atoms with E-state index in [9.17, 15) is 13.6 Å². The van der Waals surface area contributed by atoms with Crippen molar-refractivity contribution in [2.45, 2.75) is 13.0 Å². The Morgan fingerprint density at radius 2 is 1.90 bits per heavy atom. The number of pyridine rings is 1. The second-order valence-corrected chi connectivity index (χ2v) is 4.87. The molecule has 0 fully saturated rings. The summed E-state index contributed by atoms with van der Waals surface area (Å²) < 4.78 is 26.5. The third kappa shape index (κ3) is 3.66. The SMILES string of the molecule is CC(Nc1cc(Cl)ncc1C(N)=O)c1cc(F)cc(F)c1. The van der Waals surface area contributed by atoms with Crippen molar-refractivity contribution in [3.8, 4) is 0 Å². The lowest BCUT2D eigenvalue weighted by Gasteiger charge is -2.17. The van der Waals surface area contributed by atoms with E-state index in [0.717, 1.165) is 6.07 Å². The molecular weight excluding hydrogens is 300 g/mol. The van der Waals surface area contributed by atoms with Crippen LogP contribution in [0.5, 0.6) is 0 Å². The molecule has 4 nitrogen and oxygen atoms in total. The van der Waals surface area contributed by atoms with Gasteiger partial charge in [0.1, 0.15) is 16.8 Å². The molecule has 110 valence electrons. The van der Waals surface area contributed by atoms with Gasteiger partial charge in [0.2, 0.25) is 0 Å². The molecule has 2 rings (SSSR count). The average molecular weight is 312 g/mol. The van der Waals surface area contributed by atoms with E-state index in [1.165, 1.54) is 24.4 Å². The van der Waals surface area contributed by atoms with Crippen molar-refractivity contribution in [2.75, 3.05) is 5.32 Å². The van der Waals surface area contributed by atoms with Crippen LogP contribution in [-0.2, 0) is 0 Å². The van der Waals surface area contributed by atoms with Crippen molar-refractivity contribution in [3.63, 3.8) is 0 Å². The van der Waals surface area contributed by atoms with Crippen LogP contribution in [0.1, 0.15) is 28.9 Å². The maximum atomic E-state index is 13.2. The number of hydrogen-bond acceptors (Lipinski definition) is 3. The summed E-state index contributed by atoms with van der Waals surface area (Å²) in [6.07, 6.45) is 1.24. The fourth-order valence-electron chi connectivity index (χ4n) is 1.89. The highest BCUT2D eigenvalue weighted by atomic mass is 35.5. The van der Waals surface area contributed by atoms with E-state index in [0.29, 0.717) is 11.3 Å². The van der Waals surface area contributed by atoms with E-state index in [-0.39, 0.29) is 10.7 Å². The van der Waals surface area contributed by atoms with Crippen LogP contribution in [0.25, 0.3) is 0 Å². The van der Waals surface area contributed by atoms with E-state index >= 15 is 0 Å². The molecule has 1 atom stereocenters. The average Bonchev–Trinajstić information content (AvgIpc) is 2.37. The van der Waals surface area contributed by atoms with E-state index in [1.54, 1.807) is 6.92 Å². The third-order valence-electron chi connectivity index (χ3n) is 2.89. The Hall–Kier alpha value is -2.21. The monoisotopic (exact) mass is 311 g/mol. The number of anilines is 1. The predicted octanol–water partition coefficient (Wildman–Crippen LogP) is 3.29. The molecule has 1 aromatic carbocycles. The topological polar surface area (TPSA) is 68.0 Å². The van der Waals surface area contributed by atoms with Crippen molar-refractivity contribution in [1.82, 2.24) is 4.98 Å². The van der Waals surface area contributed by atoms with Crippen LogP contribution < -0.4 is 11.1 Å². The smallest absolute Gasteiger partial charge is 0.252 e. The maximum absolute atomic E-state index is 13.2. The fraction of sp³-hybridized carbons (Fsp3) is 0.143. The summed E-state index contributed by atoms with van der Waals surface area (Å²) in [4.78, 5) is 15.1. The first-order valence-corrected chi connectivity index (χ1v) is 6.42. The van der Waals surface area contributed by atoms with Gasteiger partial charge in [0.25, 0.3) is 5.91 Å². The molecule has 0 saturated carbocycles. The van der Waals surface area contributed by atoms with Gasteiger partial charge in [0, 0.05) is 18.3 Å². The van der Waals surface area contributed by atoms with E-state index < -0.39 is 23.6 Å². The van der Waals surface area contributed by atoms with Gasteiger partial charge < -0.3 is 11.1 Å². The summed E-state index contributed by atoms with van der Waals surface area (Å²) in [7, 11) is 0. The highest BCUT2D eigenvalue weighted by Gasteiger charge is 2.14. The van der Waals surface area contributed by atoms with E-state index in [2.05, 4.69) is 10.3 Å². The number of carbonyl (C=O) groups excluding carboxylic acids is 1. The molecule has 21 heavy (non-hydrogen) atoms. The molecular formula is C14H12ClF2N3O. The summed E-state index contributed by atoms with van der Waals surface area (Å²) in [5.41, 5.74) is 6.12. The highest BCUT2D eigenvalue weighted by molar-refractivity contribution is 6.29. The van der Waals surface area contributed by atoms with E-state index in [1.807, 2.05) is 0 Å². The molecule has 1 amide bonds. The van der Waals surface area contributed by atoms with Crippen LogP contribution in [0, 0.1) is 11.6 Å². The first-order chi connectivity index (χ1) is 9.86. The van der Waals surface area contributed by atoms with Gasteiger partial charge in [-0.15, -0.1) is 0 Å². The van der Waals surface area contributed by atoms with Gasteiger partial charge in [-0.1, -0.05) is 11.6 Å². The molecule has 7 heteroatoms. The van der Waals surface area contributed by atoms with Gasteiger partial charge >= 0.3 is 0 Å². The molecule has 1 aromatic heterocycles. The van der Waals surface area contributed by atoms with Gasteiger partial charge in [-0.3, -0.25) is 4.79 Å².